The van der Waals surface area contributed by atoms with Gasteiger partial charge in [0, 0.05) is 17.3 Å². The first-order chi connectivity index (χ1) is 13.6. The predicted molar refractivity (Wildman–Crippen MR) is 113 cm³/mol. The number of nitrogens with zero attached hydrogens (tertiary/aromatic N) is 2. The van der Waals surface area contributed by atoms with Crippen LogP contribution in [0.3, 0.4) is 0 Å². The molecule has 0 N–H and O–H groups in total. The molecule has 0 aliphatic rings. The third kappa shape index (κ3) is 4.31. The number of fused-ring (bicyclic) bond motifs is 1. The molecule has 28 heavy (non-hydrogen) atoms. The highest BCUT2D eigenvalue weighted by Crippen LogP contribution is 2.26. The maximum Gasteiger partial charge on any atom is 0.267 e. The molecule has 3 rings (SSSR count). The summed E-state index contributed by atoms with van der Waals surface area (Å²) in [5, 5.41) is 6.11. The number of anilines is 1. The second-order valence-corrected chi connectivity index (χ2v) is 6.60. The molecule has 144 valence electrons. The summed E-state index contributed by atoms with van der Waals surface area (Å²) in [6.07, 6.45) is 1.59. The normalized spacial score (nSPS) is 11.1. The highest BCUT2D eigenvalue weighted by molar-refractivity contribution is 6.02. The van der Waals surface area contributed by atoms with Gasteiger partial charge in [0.05, 0.1) is 13.3 Å². The second kappa shape index (κ2) is 9.04. The molecule has 3 aromatic rings. The summed E-state index contributed by atoms with van der Waals surface area (Å²) in [5.74, 6) is 0.550. The Kier molecular flexibility index (Phi) is 6.27. The molecular weight excluding hydrogens is 352 g/mol. The van der Waals surface area contributed by atoms with E-state index in [1.165, 1.54) is 0 Å². The zero-order valence-corrected chi connectivity index (χ0v) is 16.3. The van der Waals surface area contributed by atoms with E-state index in [9.17, 15) is 4.79 Å². The molecule has 5 heteroatoms. The number of carbonyl (C=O) groups is 1. The van der Waals surface area contributed by atoms with Crippen LogP contribution < -0.4 is 9.64 Å². The lowest BCUT2D eigenvalue weighted by atomic mass is 10.0. The van der Waals surface area contributed by atoms with Gasteiger partial charge < -0.3 is 14.5 Å². The van der Waals surface area contributed by atoms with Gasteiger partial charge in [-0.2, -0.15) is 0 Å². The molecule has 1 amide bonds. The van der Waals surface area contributed by atoms with E-state index >= 15 is 0 Å². The van der Waals surface area contributed by atoms with Gasteiger partial charge in [-0.25, -0.2) is 0 Å². The van der Waals surface area contributed by atoms with Crippen LogP contribution in [0.15, 0.2) is 71.9 Å². The molecule has 0 aliphatic heterocycles. The molecule has 0 aromatic heterocycles. The molecule has 0 fully saturated rings. The molecule has 0 aliphatic carbocycles. The zero-order chi connectivity index (χ0) is 19.9. The van der Waals surface area contributed by atoms with Crippen molar-refractivity contribution in [1.82, 2.24) is 0 Å². The van der Waals surface area contributed by atoms with Crippen molar-refractivity contribution in [2.24, 2.45) is 5.16 Å². The number of oxime groups is 1. The van der Waals surface area contributed by atoms with Gasteiger partial charge in [0.1, 0.15) is 5.75 Å². The van der Waals surface area contributed by atoms with E-state index in [2.05, 4.69) is 5.16 Å². The van der Waals surface area contributed by atoms with Crippen LogP contribution in [0.25, 0.3) is 10.8 Å². The Balaban J connectivity index is 1.73. The van der Waals surface area contributed by atoms with Crippen LogP contribution in [0.4, 0.5) is 5.69 Å². The Morgan fingerprint density at radius 2 is 1.75 bits per heavy atom. The smallest absolute Gasteiger partial charge is 0.267 e. The molecule has 0 saturated heterocycles. The molecule has 0 heterocycles. The average Bonchev–Trinajstić information content (AvgIpc) is 2.71. The van der Waals surface area contributed by atoms with E-state index < -0.39 is 0 Å². The number of ether oxygens (including phenoxy) is 1. The van der Waals surface area contributed by atoms with Gasteiger partial charge in [-0.1, -0.05) is 53.7 Å². The van der Waals surface area contributed by atoms with Gasteiger partial charge >= 0.3 is 0 Å². The highest BCUT2D eigenvalue weighted by Gasteiger charge is 2.19. The minimum Gasteiger partial charge on any atom is -0.496 e. The topological polar surface area (TPSA) is 51.1 Å². The van der Waals surface area contributed by atoms with Crippen molar-refractivity contribution in [3.8, 4) is 5.75 Å². The second-order valence-electron chi connectivity index (χ2n) is 6.60. The van der Waals surface area contributed by atoms with E-state index in [1.807, 2.05) is 80.6 Å². The Morgan fingerprint density at radius 1 is 1.04 bits per heavy atom. The van der Waals surface area contributed by atoms with E-state index in [0.717, 1.165) is 22.0 Å². The number of para-hydroxylation sites is 1. The number of methoxy groups -OCH3 is 1. The largest absolute Gasteiger partial charge is 0.496 e. The number of amides is 1. The van der Waals surface area contributed by atoms with Gasteiger partial charge in [0.2, 0.25) is 0 Å². The van der Waals surface area contributed by atoms with Crippen molar-refractivity contribution in [3.63, 3.8) is 0 Å². The van der Waals surface area contributed by atoms with Crippen molar-refractivity contribution in [1.29, 1.82) is 0 Å². The summed E-state index contributed by atoms with van der Waals surface area (Å²) < 4.78 is 5.44. The van der Waals surface area contributed by atoms with E-state index in [0.29, 0.717) is 5.75 Å². The fourth-order valence-electron chi connectivity index (χ4n) is 3.16. The Labute approximate surface area is 165 Å². The predicted octanol–water partition coefficient (Wildman–Crippen LogP) is 4.64. The van der Waals surface area contributed by atoms with Gasteiger partial charge in [0.25, 0.3) is 5.91 Å². The first-order valence-corrected chi connectivity index (χ1v) is 9.20. The lowest BCUT2D eigenvalue weighted by Crippen LogP contribution is -2.39. The summed E-state index contributed by atoms with van der Waals surface area (Å²) >= 11 is 0. The van der Waals surface area contributed by atoms with Crippen LogP contribution in [-0.4, -0.2) is 31.9 Å². The lowest BCUT2D eigenvalue weighted by Gasteiger charge is -2.26. The van der Waals surface area contributed by atoms with Crippen molar-refractivity contribution in [2.75, 3.05) is 18.6 Å². The number of carbonyl (C=O) groups excluding carboxylic acids is 1. The fraction of sp³-hybridized carbons (Fsp3) is 0.217. The lowest BCUT2D eigenvalue weighted by molar-refractivity contribution is -0.123. The van der Waals surface area contributed by atoms with Crippen LogP contribution in [-0.2, 0) is 9.63 Å². The quantitative estimate of drug-likeness (QED) is 0.446. The van der Waals surface area contributed by atoms with Crippen molar-refractivity contribution in [2.45, 2.75) is 19.9 Å². The van der Waals surface area contributed by atoms with Crippen molar-refractivity contribution < 1.29 is 14.4 Å². The minimum atomic E-state index is -0.150. The SMILES string of the molecule is COc1ccc2ccccc2c1/C=N/OCC(=O)N(c1ccccc1)C(C)C. The van der Waals surface area contributed by atoms with Crippen LogP contribution in [0, 0.1) is 0 Å². The average molecular weight is 376 g/mol. The molecule has 3 aromatic carbocycles. The number of hydrogen-bond donors (Lipinski definition) is 0. The van der Waals surface area contributed by atoms with Crippen LogP contribution in [0.5, 0.6) is 5.75 Å². The van der Waals surface area contributed by atoms with Crippen LogP contribution >= 0.6 is 0 Å². The van der Waals surface area contributed by atoms with Gasteiger partial charge in [-0.05, 0) is 42.8 Å². The maximum atomic E-state index is 12.6. The Bertz CT molecular complexity index is 968. The molecule has 5 nitrogen and oxygen atoms in total. The highest BCUT2D eigenvalue weighted by atomic mass is 16.6. The molecule has 0 saturated carbocycles. The number of benzene rings is 3. The maximum absolute atomic E-state index is 12.6. The summed E-state index contributed by atoms with van der Waals surface area (Å²) in [7, 11) is 1.62. The number of rotatable bonds is 7. The first-order valence-electron chi connectivity index (χ1n) is 9.20. The van der Waals surface area contributed by atoms with Gasteiger partial charge in [-0.3, -0.25) is 4.79 Å². The molecule has 0 radical (unpaired) electrons. The van der Waals surface area contributed by atoms with Crippen LogP contribution in [0.2, 0.25) is 0 Å². The Morgan fingerprint density at radius 3 is 2.46 bits per heavy atom. The molecule has 0 unspecified atom stereocenters. The summed E-state index contributed by atoms with van der Waals surface area (Å²) in [6, 6.07) is 21.4. The number of hydrogen-bond acceptors (Lipinski definition) is 4. The molecule has 0 atom stereocenters. The molecular formula is C23H24N2O3. The third-order valence-electron chi connectivity index (χ3n) is 4.41. The van der Waals surface area contributed by atoms with Gasteiger partial charge in [0.15, 0.2) is 6.61 Å². The van der Waals surface area contributed by atoms with E-state index in [1.54, 1.807) is 18.2 Å². The molecule has 0 bridgehead atoms. The third-order valence-corrected chi connectivity index (χ3v) is 4.41. The summed E-state index contributed by atoms with van der Waals surface area (Å²) in [4.78, 5) is 19.7. The van der Waals surface area contributed by atoms with Crippen molar-refractivity contribution >= 4 is 28.6 Å². The van der Waals surface area contributed by atoms with E-state index in [-0.39, 0.29) is 18.6 Å². The van der Waals surface area contributed by atoms with Crippen LogP contribution in [0.1, 0.15) is 19.4 Å². The summed E-state index contributed by atoms with van der Waals surface area (Å²) in [5.41, 5.74) is 1.66. The Hall–Kier alpha value is -3.34. The van der Waals surface area contributed by atoms with Gasteiger partial charge in [-0.15, -0.1) is 0 Å². The minimum absolute atomic E-state index is 0.0145. The monoisotopic (exact) mass is 376 g/mol. The van der Waals surface area contributed by atoms with E-state index in [4.69, 9.17) is 9.57 Å². The standard InChI is InChI=1S/C23H24N2O3/c1-17(2)25(19-10-5-4-6-11-19)23(26)16-28-24-15-21-20-12-8-7-9-18(20)13-14-22(21)27-3/h4-15,17H,16H2,1-3H3/b24-15+. The molecule has 0 spiro atoms. The van der Waals surface area contributed by atoms with Crippen molar-refractivity contribution in [3.05, 3.63) is 72.3 Å². The summed E-state index contributed by atoms with van der Waals surface area (Å²) in [6.45, 7) is 3.79. The fourth-order valence-corrected chi connectivity index (χ4v) is 3.16. The first kappa shape index (κ1) is 19.4. The zero-order valence-electron chi connectivity index (χ0n) is 16.3.